The van der Waals surface area contributed by atoms with Crippen LogP contribution in [0.3, 0.4) is 0 Å². The number of hydrogen-bond donors (Lipinski definition) is 4. The first-order valence-corrected chi connectivity index (χ1v) is 3.37. The fourth-order valence-electron chi connectivity index (χ4n) is 0.293. The standard InChI is InChI=1S/C4H8N2O3.CHClO2/c5-3(7)1-2-4(8)6-9;2-1(3)4/h9H,1-2H2,(H2,5,7)(H,6,8);(H,3,4). The molecule has 0 radical (unpaired) electrons. The summed E-state index contributed by atoms with van der Waals surface area (Å²) in [5, 5.41) is 15.1. The molecule has 0 aliphatic rings. The number of rotatable bonds is 3. The summed E-state index contributed by atoms with van der Waals surface area (Å²) >= 11 is 4.19. The van der Waals surface area contributed by atoms with Crippen LogP contribution in [-0.2, 0) is 9.59 Å². The third-order valence-electron chi connectivity index (χ3n) is 0.723. The van der Waals surface area contributed by atoms with Gasteiger partial charge in [-0.05, 0) is 0 Å². The van der Waals surface area contributed by atoms with E-state index in [0.29, 0.717) is 0 Å². The number of carboxylic acid groups (broad SMARTS) is 1. The van der Waals surface area contributed by atoms with E-state index in [0.717, 1.165) is 0 Å². The Morgan fingerprint density at radius 2 is 1.69 bits per heavy atom. The van der Waals surface area contributed by atoms with Crippen LogP contribution in [0.15, 0.2) is 0 Å². The Balaban J connectivity index is 0. The highest BCUT2D eigenvalue weighted by atomic mass is 35.5. The van der Waals surface area contributed by atoms with Crippen LogP contribution < -0.4 is 11.2 Å². The van der Waals surface area contributed by atoms with Gasteiger partial charge in [-0.25, -0.2) is 10.3 Å². The van der Waals surface area contributed by atoms with E-state index < -0.39 is 17.2 Å². The topological polar surface area (TPSA) is 130 Å². The van der Waals surface area contributed by atoms with E-state index in [2.05, 4.69) is 11.6 Å². The van der Waals surface area contributed by atoms with Gasteiger partial charge in [0.25, 0.3) is 0 Å². The minimum Gasteiger partial charge on any atom is -0.469 e. The van der Waals surface area contributed by atoms with Crippen molar-refractivity contribution in [3.05, 3.63) is 0 Å². The second kappa shape index (κ2) is 8.75. The van der Waals surface area contributed by atoms with Crippen LogP contribution in [0.25, 0.3) is 0 Å². The smallest absolute Gasteiger partial charge is 0.401 e. The molecule has 0 aliphatic carbocycles. The maximum absolute atomic E-state index is 10.1. The molecule has 0 saturated carbocycles. The number of carbonyl (C=O) groups is 3. The molecule has 13 heavy (non-hydrogen) atoms. The maximum atomic E-state index is 10.1. The van der Waals surface area contributed by atoms with Crippen LogP contribution in [0, 0.1) is 0 Å². The van der Waals surface area contributed by atoms with E-state index >= 15 is 0 Å². The van der Waals surface area contributed by atoms with Gasteiger partial charge in [0.1, 0.15) is 0 Å². The molecule has 0 aromatic carbocycles. The maximum Gasteiger partial charge on any atom is 0.401 e. The van der Waals surface area contributed by atoms with Gasteiger partial charge in [0.2, 0.25) is 11.8 Å². The van der Waals surface area contributed by atoms with Crippen molar-refractivity contribution < 1.29 is 24.7 Å². The lowest BCUT2D eigenvalue weighted by molar-refractivity contribution is -0.131. The molecular weight excluding hydrogens is 204 g/mol. The summed E-state index contributed by atoms with van der Waals surface area (Å²) in [4.78, 5) is 28.9. The van der Waals surface area contributed by atoms with Crippen molar-refractivity contribution in [2.75, 3.05) is 0 Å². The summed E-state index contributed by atoms with van der Waals surface area (Å²) < 4.78 is 0. The highest BCUT2D eigenvalue weighted by Crippen LogP contribution is 1.84. The van der Waals surface area contributed by atoms with Crippen molar-refractivity contribution >= 4 is 28.8 Å². The minimum atomic E-state index is -1.36. The average molecular weight is 213 g/mol. The summed E-state index contributed by atoms with van der Waals surface area (Å²) in [5.41, 5.74) is 4.71. The molecule has 0 saturated heterocycles. The number of halogens is 1. The van der Waals surface area contributed by atoms with Gasteiger partial charge < -0.3 is 10.8 Å². The molecule has 2 amide bonds. The third-order valence-corrected chi connectivity index (χ3v) is 0.723. The van der Waals surface area contributed by atoms with Gasteiger partial charge in [-0.3, -0.25) is 14.8 Å². The fraction of sp³-hybridized carbons (Fsp3) is 0.400. The number of primary amides is 1. The quantitative estimate of drug-likeness (QED) is 0.289. The Bertz CT molecular complexity index is 191. The van der Waals surface area contributed by atoms with E-state index in [1.54, 1.807) is 0 Å². The molecule has 8 heteroatoms. The summed E-state index contributed by atoms with van der Waals surface area (Å²) in [6.45, 7) is 0. The van der Waals surface area contributed by atoms with Crippen LogP contribution in [-0.4, -0.2) is 27.6 Å². The molecule has 0 spiro atoms. The van der Waals surface area contributed by atoms with Crippen molar-refractivity contribution in [2.24, 2.45) is 5.73 Å². The zero-order chi connectivity index (χ0) is 10.9. The third kappa shape index (κ3) is 25.0. The first kappa shape index (κ1) is 14.2. The summed E-state index contributed by atoms with van der Waals surface area (Å²) in [6, 6.07) is 0. The van der Waals surface area contributed by atoms with Crippen molar-refractivity contribution in [2.45, 2.75) is 12.8 Å². The lowest BCUT2D eigenvalue weighted by Crippen LogP contribution is -2.21. The largest absolute Gasteiger partial charge is 0.469 e. The number of amides is 2. The zero-order valence-electron chi connectivity index (χ0n) is 6.49. The highest BCUT2D eigenvalue weighted by Gasteiger charge is 2.00. The predicted molar refractivity (Wildman–Crippen MR) is 42.2 cm³/mol. The van der Waals surface area contributed by atoms with Gasteiger partial charge in [0, 0.05) is 24.4 Å². The van der Waals surface area contributed by atoms with Gasteiger partial charge in [0.05, 0.1) is 0 Å². The molecule has 0 rings (SSSR count). The van der Waals surface area contributed by atoms with Gasteiger partial charge in [-0.15, -0.1) is 0 Å². The predicted octanol–water partition coefficient (Wildman–Crippen LogP) is -0.339. The lowest BCUT2D eigenvalue weighted by atomic mass is 10.3. The first-order valence-electron chi connectivity index (χ1n) is 2.99. The van der Waals surface area contributed by atoms with Crippen LogP contribution in [0.1, 0.15) is 12.8 Å². The SMILES string of the molecule is NC(=O)CCC(=O)NO.O=C(O)Cl. The average Bonchev–Trinajstić information content (AvgIpc) is 1.99. The molecule has 0 heterocycles. The van der Waals surface area contributed by atoms with Gasteiger partial charge >= 0.3 is 5.43 Å². The molecule has 76 valence electrons. The fourth-order valence-corrected chi connectivity index (χ4v) is 0.293. The molecule has 0 aliphatic heterocycles. The second-order valence-corrected chi connectivity index (χ2v) is 2.08. The summed E-state index contributed by atoms with van der Waals surface area (Å²) in [5.74, 6) is -1.16. The van der Waals surface area contributed by atoms with Crippen molar-refractivity contribution in [1.29, 1.82) is 0 Å². The zero-order valence-corrected chi connectivity index (χ0v) is 7.24. The van der Waals surface area contributed by atoms with Crippen LogP contribution >= 0.6 is 11.6 Å². The Morgan fingerprint density at radius 3 is 1.92 bits per heavy atom. The summed E-state index contributed by atoms with van der Waals surface area (Å²) in [6.07, 6.45) is -0.0990. The van der Waals surface area contributed by atoms with E-state index in [9.17, 15) is 9.59 Å². The molecule has 0 fully saturated rings. The molecule has 0 aromatic rings. The number of nitrogens with two attached hydrogens (primary N) is 1. The first-order chi connectivity index (χ1) is 5.90. The Morgan fingerprint density at radius 1 is 1.31 bits per heavy atom. The van der Waals surface area contributed by atoms with E-state index in [1.165, 1.54) is 5.48 Å². The van der Waals surface area contributed by atoms with Crippen molar-refractivity contribution in [1.82, 2.24) is 5.48 Å². The van der Waals surface area contributed by atoms with Crippen LogP contribution in [0.2, 0.25) is 0 Å². The summed E-state index contributed by atoms with van der Waals surface area (Å²) in [7, 11) is 0. The minimum absolute atomic E-state index is 0.0353. The van der Waals surface area contributed by atoms with Crippen LogP contribution in [0.4, 0.5) is 4.79 Å². The molecule has 7 nitrogen and oxygen atoms in total. The molecule has 0 unspecified atom stereocenters. The monoisotopic (exact) mass is 212 g/mol. The number of hydrogen-bond acceptors (Lipinski definition) is 4. The van der Waals surface area contributed by atoms with E-state index in [1.807, 2.05) is 0 Å². The van der Waals surface area contributed by atoms with Gasteiger partial charge in [0.15, 0.2) is 0 Å². The van der Waals surface area contributed by atoms with E-state index in [4.69, 9.17) is 20.8 Å². The Kier molecular flexibility index (Phi) is 9.56. The van der Waals surface area contributed by atoms with E-state index in [-0.39, 0.29) is 12.8 Å². The van der Waals surface area contributed by atoms with Crippen LogP contribution in [0.5, 0.6) is 0 Å². The lowest BCUT2D eigenvalue weighted by Gasteiger charge is -1.92. The van der Waals surface area contributed by atoms with Gasteiger partial charge in [-0.1, -0.05) is 0 Å². The molecular formula is C5H9ClN2O5. The Hall–Kier alpha value is -1.34. The highest BCUT2D eigenvalue weighted by molar-refractivity contribution is 6.60. The Labute approximate surface area is 78.4 Å². The normalized spacial score (nSPS) is 7.85. The van der Waals surface area contributed by atoms with Gasteiger partial charge in [-0.2, -0.15) is 0 Å². The molecule has 5 N–H and O–H groups in total. The molecule has 0 bridgehead atoms. The molecule has 0 atom stereocenters. The molecule has 0 aromatic heterocycles. The van der Waals surface area contributed by atoms with Crippen molar-refractivity contribution in [3.63, 3.8) is 0 Å². The number of carbonyl (C=O) groups excluding carboxylic acids is 2. The number of nitrogens with one attached hydrogen (secondary N) is 1. The second-order valence-electron chi connectivity index (χ2n) is 1.75. The van der Waals surface area contributed by atoms with Crippen molar-refractivity contribution in [3.8, 4) is 0 Å². The number of hydroxylamine groups is 1.